The van der Waals surface area contributed by atoms with Gasteiger partial charge in [0, 0.05) is 10.2 Å². The van der Waals surface area contributed by atoms with Crippen molar-refractivity contribution in [2.45, 2.75) is 6.92 Å². The van der Waals surface area contributed by atoms with Crippen LogP contribution in [0.2, 0.25) is 0 Å². The molecular weight excluding hydrogens is 316 g/mol. The molecule has 0 saturated heterocycles. The molecule has 2 aromatic carbocycles. The van der Waals surface area contributed by atoms with E-state index in [1.807, 2.05) is 6.07 Å². The van der Waals surface area contributed by atoms with Gasteiger partial charge in [0.1, 0.15) is 17.2 Å². The van der Waals surface area contributed by atoms with Gasteiger partial charge in [-0.3, -0.25) is 4.79 Å². The number of halogens is 3. The maximum Gasteiger partial charge on any atom is 0.261 e. The summed E-state index contributed by atoms with van der Waals surface area (Å²) in [5.41, 5.74) is 0.705. The maximum atomic E-state index is 13.5. The van der Waals surface area contributed by atoms with Crippen molar-refractivity contribution in [2.75, 3.05) is 5.32 Å². The molecule has 0 atom stereocenters. The number of carbonyl (C=O) groups excluding carboxylic acids is 1. The lowest BCUT2D eigenvalue weighted by Crippen LogP contribution is -2.16. The molecule has 0 fully saturated rings. The molecule has 0 aliphatic rings. The molecule has 98 valence electrons. The van der Waals surface area contributed by atoms with Crippen LogP contribution in [-0.2, 0) is 0 Å². The second-order valence-corrected chi connectivity index (χ2v) is 4.82. The first-order valence-electron chi connectivity index (χ1n) is 5.51. The lowest BCUT2D eigenvalue weighted by atomic mass is 10.1. The summed E-state index contributed by atoms with van der Waals surface area (Å²) in [5, 5.41) is 2.50. The second kappa shape index (κ2) is 5.48. The highest BCUT2D eigenvalue weighted by Crippen LogP contribution is 2.24. The molecule has 2 nitrogen and oxygen atoms in total. The summed E-state index contributed by atoms with van der Waals surface area (Å²) in [5.74, 6) is -2.58. The van der Waals surface area contributed by atoms with Gasteiger partial charge in [-0.1, -0.05) is 28.1 Å². The molecule has 1 N–H and O–H groups in total. The average Bonchev–Trinajstić information content (AvgIpc) is 2.35. The van der Waals surface area contributed by atoms with Gasteiger partial charge >= 0.3 is 0 Å². The number of benzene rings is 2. The quantitative estimate of drug-likeness (QED) is 0.876. The van der Waals surface area contributed by atoms with Crippen LogP contribution in [0.15, 0.2) is 40.9 Å². The van der Waals surface area contributed by atoms with Gasteiger partial charge in [-0.2, -0.15) is 0 Å². The summed E-state index contributed by atoms with van der Waals surface area (Å²) in [6.45, 7) is 1.79. The first-order valence-corrected chi connectivity index (χ1v) is 6.30. The number of carbonyl (C=O) groups is 1. The van der Waals surface area contributed by atoms with Crippen LogP contribution in [0.4, 0.5) is 14.5 Å². The van der Waals surface area contributed by atoms with Gasteiger partial charge in [0.2, 0.25) is 0 Å². The van der Waals surface area contributed by atoms with E-state index in [4.69, 9.17) is 0 Å². The predicted octanol–water partition coefficient (Wildman–Crippen LogP) is 4.29. The van der Waals surface area contributed by atoms with E-state index in [1.165, 1.54) is 6.07 Å². The Morgan fingerprint density at radius 2 is 1.68 bits per heavy atom. The zero-order valence-corrected chi connectivity index (χ0v) is 11.6. The Morgan fingerprint density at radius 1 is 1.11 bits per heavy atom. The van der Waals surface area contributed by atoms with Crippen LogP contribution >= 0.6 is 15.9 Å². The van der Waals surface area contributed by atoms with E-state index >= 15 is 0 Å². The number of rotatable bonds is 2. The third-order valence-electron chi connectivity index (χ3n) is 2.71. The van der Waals surface area contributed by atoms with Crippen molar-refractivity contribution in [3.05, 3.63) is 63.6 Å². The summed E-state index contributed by atoms with van der Waals surface area (Å²) in [6, 6.07) is 8.51. The van der Waals surface area contributed by atoms with Crippen LogP contribution in [0.1, 0.15) is 15.9 Å². The van der Waals surface area contributed by atoms with Crippen molar-refractivity contribution in [2.24, 2.45) is 0 Å². The van der Waals surface area contributed by atoms with Crippen LogP contribution in [0, 0.1) is 18.6 Å². The molecule has 0 heterocycles. The molecule has 1 amide bonds. The average molecular weight is 326 g/mol. The van der Waals surface area contributed by atoms with Crippen molar-refractivity contribution in [3.8, 4) is 0 Å². The van der Waals surface area contributed by atoms with E-state index < -0.39 is 23.1 Å². The largest absolute Gasteiger partial charge is 0.322 e. The first kappa shape index (κ1) is 13.7. The summed E-state index contributed by atoms with van der Waals surface area (Å²) in [6.07, 6.45) is 0. The van der Waals surface area contributed by atoms with E-state index in [1.54, 1.807) is 19.1 Å². The molecule has 2 aromatic rings. The normalized spacial score (nSPS) is 10.3. The second-order valence-electron chi connectivity index (χ2n) is 3.96. The number of nitrogens with one attached hydrogen (secondary N) is 1. The molecule has 5 heteroatoms. The lowest BCUT2D eigenvalue weighted by molar-refractivity contribution is 0.101. The standard InChI is InChI=1S/C14H10BrF2NO/c1-8-9(15)4-2-7-12(8)18-14(19)13-10(16)5-3-6-11(13)17/h2-7H,1H3,(H,18,19). The van der Waals surface area contributed by atoms with Crippen molar-refractivity contribution >= 4 is 27.5 Å². The molecule has 19 heavy (non-hydrogen) atoms. The smallest absolute Gasteiger partial charge is 0.261 e. The minimum atomic E-state index is -0.884. The third-order valence-corrected chi connectivity index (χ3v) is 3.56. The highest BCUT2D eigenvalue weighted by atomic mass is 79.9. The molecule has 0 bridgehead atoms. The van der Waals surface area contributed by atoms with E-state index in [0.717, 1.165) is 22.2 Å². The van der Waals surface area contributed by atoms with Crippen LogP contribution in [0.5, 0.6) is 0 Å². The fourth-order valence-electron chi connectivity index (χ4n) is 1.64. The van der Waals surface area contributed by atoms with Crippen LogP contribution in [0.25, 0.3) is 0 Å². The van der Waals surface area contributed by atoms with Gasteiger partial charge in [0.05, 0.1) is 0 Å². The van der Waals surface area contributed by atoms with E-state index in [0.29, 0.717) is 5.69 Å². The minimum absolute atomic E-state index is 0.502. The Bertz CT molecular complexity index is 623. The SMILES string of the molecule is Cc1c(Br)cccc1NC(=O)c1c(F)cccc1F. The lowest BCUT2D eigenvalue weighted by Gasteiger charge is -2.10. The molecule has 0 spiro atoms. The topological polar surface area (TPSA) is 29.1 Å². The van der Waals surface area contributed by atoms with Crippen LogP contribution in [-0.4, -0.2) is 5.91 Å². The van der Waals surface area contributed by atoms with E-state index in [-0.39, 0.29) is 0 Å². The summed E-state index contributed by atoms with van der Waals surface area (Å²) < 4.78 is 27.8. The number of hydrogen-bond acceptors (Lipinski definition) is 1. The Balaban J connectivity index is 2.34. The van der Waals surface area contributed by atoms with Crippen molar-refractivity contribution < 1.29 is 13.6 Å². The van der Waals surface area contributed by atoms with Gasteiger partial charge in [-0.05, 0) is 36.8 Å². The molecule has 0 radical (unpaired) electrons. The molecule has 0 aromatic heterocycles. The molecule has 2 rings (SSSR count). The van der Waals surface area contributed by atoms with Crippen molar-refractivity contribution in [3.63, 3.8) is 0 Å². The molecule has 0 saturated carbocycles. The monoisotopic (exact) mass is 325 g/mol. The highest BCUT2D eigenvalue weighted by Gasteiger charge is 2.17. The Labute approximate surface area is 117 Å². The summed E-state index contributed by atoms with van der Waals surface area (Å²) >= 11 is 3.32. The van der Waals surface area contributed by atoms with Crippen molar-refractivity contribution in [1.82, 2.24) is 0 Å². The zero-order chi connectivity index (χ0) is 14.0. The minimum Gasteiger partial charge on any atom is -0.322 e. The first-order chi connectivity index (χ1) is 9.00. The predicted molar refractivity (Wildman–Crippen MR) is 73.2 cm³/mol. The van der Waals surface area contributed by atoms with Gasteiger partial charge in [-0.25, -0.2) is 8.78 Å². The third kappa shape index (κ3) is 2.81. The summed E-state index contributed by atoms with van der Waals surface area (Å²) in [4.78, 5) is 11.9. The Morgan fingerprint density at radius 3 is 2.32 bits per heavy atom. The van der Waals surface area contributed by atoms with Crippen LogP contribution < -0.4 is 5.32 Å². The molecule has 0 aliphatic heterocycles. The van der Waals surface area contributed by atoms with Crippen LogP contribution in [0.3, 0.4) is 0 Å². The highest BCUT2D eigenvalue weighted by molar-refractivity contribution is 9.10. The Hall–Kier alpha value is -1.75. The summed E-state index contributed by atoms with van der Waals surface area (Å²) in [7, 11) is 0. The van der Waals surface area contributed by atoms with Gasteiger partial charge in [0.25, 0.3) is 5.91 Å². The molecule has 0 unspecified atom stereocenters. The van der Waals surface area contributed by atoms with Gasteiger partial charge < -0.3 is 5.32 Å². The number of hydrogen-bond donors (Lipinski definition) is 1. The van der Waals surface area contributed by atoms with Crippen molar-refractivity contribution in [1.29, 1.82) is 0 Å². The fourth-order valence-corrected chi connectivity index (χ4v) is 2.01. The fraction of sp³-hybridized carbons (Fsp3) is 0.0714. The number of amides is 1. The zero-order valence-electron chi connectivity index (χ0n) is 10.0. The molecule has 0 aliphatic carbocycles. The van der Waals surface area contributed by atoms with Gasteiger partial charge in [-0.15, -0.1) is 0 Å². The van der Waals surface area contributed by atoms with Gasteiger partial charge in [0.15, 0.2) is 0 Å². The number of anilines is 1. The molecular formula is C14H10BrF2NO. The van der Waals surface area contributed by atoms with E-state index in [2.05, 4.69) is 21.2 Å². The maximum absolute atomic E-state index is 13.5. The van der Waals surface area contributed by atoms with E-state index in [9.17, 15) is 13.6 Å². The Kier molecular flexibility index (Phi) is 3.95.